The minimum atomic E-state index is -0.456. The Morgan fingerprint density at radius 1 is 1.40 bits per heavy atom. The molecule has 0 saturated carbocycles. The lowest BCUT2D eigenvalue weighted by Gasteiger charge is -2.20. The van der Waals surface area contributed by atoms with E-state index < -0.39 is 5.82 Å². The standard InChI is InChI=1S/C14H14ClFN2OS/c1-9-3-5-11(19-9)8-18(2)14(20)17-10-4-6-13(16)12(15)7-10/h3-7H,8H2,1-2H3,(H,17,20). The van der Waals surface area contributed by atoms with Crippen LogP contribution in [0.5, 0.6) is 0 Å². The quantitative estimate of drug-likeness (QED) is 0.859. The Hall–Kier alpha value is -1.59. The lowest BCUT2D eigenvalue weighted by molar-refractivity contribution is 0.403. The summed E-state index contributed by atoms with van der Waals surface area (Å²) in [6.45, 7) is 2.44. The number of anilines is 1. The van der Waals surface area contributed by atoms with E-state index in [9.17, 15) is 4.39 Å². The molecular weight excluding hydrogens is 299 g/mol. The molecule has 0 aliphatic heterocycles. The van der Waals surface area contributed by atoms with Gasteiger partial charge >= 0.3 is 0 Å². The van der Waals surface area contributed by atoms with E-state index in [4.69, 9.17) is 28.2 Å². The predicted molar refractivity (Wildman–Crippen MR) is 82.5 cm³/mol. The van der Waals surface area contributed by atoms with Crippen molar-refractivity contribution in [3.8, 4) is 0 Å². The van der Waals surface area contributed by atoms with Gasteiger partial charge in [-0.3, -0.25) is 0 Å². The van der Waals surface area contributed by atoms with Crippen molar-refractivity contribution in [1.29, 1.82) is 0 Å². The molecule has 3 nitrogen and oxygen atoms in total. The topological polar surface area (TPSA) is 28.4 Å². The first-order valence-electron chi connectivity index (χ1n) is 5.98. The first kappa shape index (κ1) is 14.8. The number of furan rings is 1. The van der Waals surface area contributed by atoms with Gasteiger partial charge in [0.2, 0.25) is 0 Å². The maximum atomic E-state index is 13.1. The van der Waals surface area contributed by atoms with Crippen LogP contribution in [0.25, 0.3) is 0 Å². The third kappa shape index (κ3) is 3.71. The molecule has 0 amide bonds. The highest BCUT2D eigenvalue weighted by atomic mass is 35.5. The Labute approximate surface area is 127 Å². The second kappa shape index (κ2) is 6.24. The number of thiocarbonyl (C=S) groups is 1. The summed E-state index contributed by atoms with van der Waals surface area (Å²) < 4.78 is 18.6. The van der Waals surface area contributed by atoms with Gasteiger partial charge in [-0.25, -0.2) is 4.39 Å². The monoisotopic (exact) mass is 312 g/mol. The van der Waals surface area contributed by atoms with E-state index in [0.29, 0.717) is 17.3 Å². The number of hydrogen-bond acceptors (Lipinski definition) is 2. The van der Waals surface area contributed by atoms with Crippen LogP contribution < -0.4 is 5.32 Å². The third-order valence-corrected chi connectivity index (χ3v) is 3.41. The molecule has 20 heavy (non-hydrogen) atoms. The Balaban J connectivity index is 1.98. The van der Waals surface area contributed by atoms with Gasteiger partial charge in [-0.2, -0.15) is 0 Å². The summed E-state index contributed by atoms with van der Waals surface area (Å²) in [7, 11) is 1.85. The van der Waals surface area contributed by atoms with Crippen LogP contribution in [0.15, 0.2) is 34.7 Å². The van der Waals surface area contributed by atoms with Crippen LogP contribution >= 0.6 is 23.8 Å². The van der Waals surface area contributed by atoms with Gasteiger partial charge in [0, 0.05) is 12.7 Å². The van der Waals surface area contributed by atoms with Crippen molar-refractivity contribution < 1.29 is 8.81 Å². The molecule has 1 N–H and O–H groups in total. The van der Waals surface area contributed by atoms with Crippen LogP contribution in [-0.2, 0) is 6.54 Å². The number of nitrogens with zero attached hydrogens (tertiary/aromatic N) is 1. The largest absolute Gasteiger partial charge is 0.464 e. The van der Waals surface area contributed by atoms with E-state index >= 15 is 0 Å². The molecule has 0 saturated heterocycles. The maximum absolute atomic E-state index is 13.1. The fourth-order valence-corrected chi connectivity index (χ4v) is 2.03. The molecule has 0 aliphatic carbocycles. The molecule has 6 heteroatoms. The Morgan fingerprint density at radius 3 is 2.75 bits per heavy atom. The predicted octanol–water partition coefficient (Wildman–Crippen LogP) is 4.21. The van der Waals surface area contributed by atoms with E-state index in [1.807, 2.05) is 31.0 Å². The smallest absolute Gasteiger partial charge is 0.173 e. The van der Waals surface area contributed by atoms with E-state index in [-0.39, 0.29) is 5.02 Å². The molecule has 1 aromatic heterocycles. The van der Waals surface area contributed by atoms with Crippen LogP contribution in [0.4, 0.5) is 10.1 Å². The summed E-state index contributed by atoms with van der Waals surface area (Å²) >= 11 is 11.0. The lowest BCUT2D eigenvalue weighted by atomic mass is 10.3. The summed E-state index contributed by atoms with van der Waals surface area (Å²) in [4.78, 5) is 1.82. The van der Waals surface area contributed by atoms with Gasteiger partial charge in [0.15, 0.2) is 5.11 Å². The zero-order chi connectivity index (χ0) is 14.7. The molecule has 0 aliphatic rings. The maximum Gasteiger partial charge on any atom is 0.173 e. The van der Waals surface area contributed by atoms with Crippen molar-refractivity contribution in [3.63, 3.8) is 0 Å². The summed E-state index contributed by atoms with van der Waals surface area (Å²) in [6.07, 6.45) is 0. The van der Waals surface area contributed by atoms with Gasteiger partial charge < -0.3 is 14.6 Å². The molecular formula is C14H14ClFN2OS. The molecule has 0 unspecified atom stereocenters. The Morgan fingerprint density at radius 2 is 2.15 bits per heavy atom. The lowest BCUT2D eigenvalue weighted by Crippen LogP contribution is -2.30. The fraction of sp³-hybridized carbons (Fsp3) is 0.214. The zero-order valence-corrected chi connectivity index (χ0v) is 12.7. The van der Waals surface area contributed by atoms with E-state index in [1.54, 1.807) is 6.07 Å². The number of benzene rings is 1. The van der Waals surface area contributed by atoms with Gasteiger partial charge in [-0.15, -0.1) is 0 Å². The molecule has 2 aromatic rings. The van der Waals surface area contributed by atoms with Gasteiger partial charge in [0.05, 0.1) is 11.6 Å². The molecule has 2 rings (SSSR count). The number of nitrogens with one attached hydrogen (secondary N) is 1. The molecule has 0 fully saturated rings. The number of rotatable bonds is 3. The number of hydrogen-bond donors (Lipinski definition) is 1. The average molecular weight is 313 g/mol. The number of halogens is 2. The number of aryl methyl sites for hydroxylation is 1. The van der Waals surface area contributed by atoms with Gasteiger partial charge in [0.25, 0.3) is 0 Å². The van der Waals surface area contributed by atoms with Crippen molar-refractivity contribution >= 4 is 34.6 Å². The molecule has 0 atom stereocenters. The van der Waals surface area contributed by atoms with Crippen LogP contribution in [0.2, 0.25) is 5.02 Å². The van der Waals surface area contributed by atoms with Crippen molar-refractivity contribution in [2.75, 3.05) is 12.4 Å². The van der Waals surface area contributed by atoms with Gasteiger partial charge in [0.1, 0.15) is 17.3 Å². The van der Waals surface area contributed by atoms with Crippen LogP contribution in [0, 0.1) is 12.7 Å². The Kier molecular flexibility index (Phi) is 4.62. The Bertz CT molecular complexity index is 629. The summed E-state index contributed by atoms with van der Waals surface area (Å²) in [5.74, 6) is 1.23. The average Bonchev–Trinajstić information content (AvgIpc) is 2.79. The minimum Gasteiger partial charge on any atom is -0.464 e. The molecule has 0 radical (unpaired) electrons. The van der Waals surface area contributed by atoms with Crippen molar-refractivity contribution in [3.05, 3.63) is 52.7 Å². The molecule has 1 aromatic carbocycles. The highest BCUT2D eigenvalue weighted by Gasteiger charge is 2.09. The highest BCUT2D eigenvalue weighted by molar-refractivity contribution is 7.80. The van der Waals surface area contributed by atoms with Crippen LogP contribution in [0.1, 0.15) is 11.5 Å². The van der Waals surface area contributed by atoms with E-state index in [2.05, 4.69) is 5.32 Å². The minimum absolute atomic E-state index is 0.0575. The normalized spacial score (nSPS) is 10.4. The molecule has 0 bridgehead atoms. The SMILES string of the molecule is Cc1ccc(CN(C)C(=S)Nc2ccc(F)c(Cl)c2)o1. The molecule has 1 heterocycles. The van der Waals surface area contributed by atoms with Gasteiger partial charge in [-0.05, 0) is 49.5 Å². The fourth-order valence-electron chi connectivity index (χ4n) is 1.67. The van der Waals surface area contributed by atoms with Crippen LogP contribution in [0.3, 0.4) is 0 Å². The highest BCUT2D eigenvalue weighted by Crippen LogP contribution is 2.19. The van der Waals surface area contributed by atoms with Crippen molar-refractivity contribution in [2.45, 2.75) is 13.5 Å². The molecule has 106 valence electrons. The summed E-state index contributed by atoms with van der Waals surface area (Å²) in [5.41, 5.74) is 0.642. The van der Waals surface area contributed by atoms with Crippen molar-refractivity contribution in [2.24, 2.45) is 0 Å². The summed E-state index contributed by atoms with van der Waals surface area (Å²) in [5, 5.41) is 3.56. The third-order valence-electron chi connectivity index (χ3n) is 2.71. The second-order valence-electron chi connectivity index (χ2n) is 4.43. The van der Waals surface area contributed by atoms with E-state index in [0.717, 1.165) is 11.5 Å². The second-order valence-corrected chi connectivity index (χ2v) is 5.22. The first-order valence-corrected chi connectivity index (χ1v) is 6.77. The van der Waals surface area contributed by atoms with Gasteiger partial charge in [-0.1, -0.05) is 11.6 Å². The zero-order valence-electron chi connectivity index (χ0n) is 11.1. The van der Waals surface area contributed by atoms with E-state index in [1.165, 1.54) is 12.1 Å². The van der Waals surface area contributed by atoms with Crippen LogP contribution in [-0.4, -0.2) is 17.1 Å². The summed E-state index contributed by atoms with van der Waals surface area (Å²) in [6, 6.07) is 8.18. The van der Waals surface area contributed by atoms with Crippen molar-refractivity contribution in [1.82, 2.24) is 4.90 Å². The first-order chi connectivity index (χ1) is 9.45. The molecule has 0 spiro atoms.